The van der Waals surface area contributed by atoms with Crippen LogP contribution in [0.3, 0.4) is 0 Å². The molecule has 0 heterocycles. The third-order valence-electron chi connectivity index (χ3n) is 3.76. The first-order valence-electron chi connectivity index (χ1n) is 7.09. The molecule has 1 saturated carbocycles. The first-order valence-corrected chi connectivity index (χ1v) is 7.09. The van der Waals surface area contributed by atoms with Gasteiger partial charge in [0.15, 0.2) is 0 Å². The molecule has 1 aliphatic carbocycles. The van der Waals surface area contributed by atoms with Crippen LogP contribution in [0.1, 0.15) is 42.5 Å². The van der Waals surface area contributed by atoms with Gasteiger partial charge in [-0.3, -0.25) is 9.59 Å². The largest absolute Gasteiger partial charge is 0.573 e. The van der Waals surface area contributed by atoms with Crippen LogP contribution in [-0.4, -0.2) is 28.9 Å². The maximum Gasteiger partial charge on any atom is 0.573 e. The van der Waals surface area contributed by atoms with E-state index in [9.17, 15) is 22.8 Å². The summed E-state index contributed by atoms with van der Waals surface area (Å²) in [4.78, 5) is 23.3. The van der Waals surface area contributed by atoms with Crippen LogP contribution in [0.15, 0.2) is 24.3 Å². The van der Waals surface area contributed by atoms with Crippen LogP contribution in [0.4, 0.5) is 13.2 Å². The summed E-state index contributed by atoms with van der Waals surface area (Å²) >= 11 is 0. The molecule has 23 heavy (non-hydrogen) atoms. The van der Waals surface area contributed by atoms with Gasteiger partial charge in [0.25, 0.3) is 5.91 Å². The predicted octanol–water partition coefficient (Wildman–Crippen LogP) is 3.10. The van der Waals surface area contributed by atoms with E-state index >= 15 is 0 Å². The number of amides is 1. The number of rotatable bonds is 5. The zero-order valence-corrected chi connectivity index (χ0v) is 12.2. The highest BCUT2D eigenvalue weighted by atomic mass is 19.4. The van der Waals surface area contributed by atoms with E-state index in [0.717, 1.165) is 25.0 Å². The Bertz CT molecular complexity index is 595. The quantitative estimate of drug-likeness (QED) is 0.869. The number of carbonyl (C=O) groups excluding carboxylic acids is 1. The number of carboxylic acid groups (broad SMARTS) is 1. The van der Waals surface area contributed by atoms with Gasteiger partial charge in [0.2, 0.25) is 0 Å². The number of aliphatic carboxylic acids is 1. The van der Waals surface area contributed by atoms with Crippen LogP contribution in [0, 0.1) is 0 Å². The summed E-state index contributed by atoms with van der Waals surface area (Å²) in [6, 6.07) is 4.69. The maximum absolute atomic E-state index is 12.3. The minimum atomic E-state index is -4.84. The molecule has 5 nitrogen and oxygen atoms in total. The number of benzene rings is 1. The Morgan fingerprint density at radius 2 is 1.91 bits per heavy atom. The average molecular weight is 331 g/mol. The normalized spacial score (nSPS) is 16.8. The van der Waals surface area contributed by atoms with Crippen molar-refractivity contribution in [3.63, 3.8) is 0 Å². The molecule has 2 N–H and O–H groups in total. The van der Waals surface area contributed by atoms with Crippen molar-refractivity contribution in [3.8, 4) is 5.75 Å². The molecule has 0 spiro atoms. The molecule has 0 saturated heterocycles. The molecule has 2 rings (SSSR count). The van der Waals surface area contributed by atoms with E-state index in [1.165, 1.54) is 12.1 Å². The Balaban J connectivity index is 2.13. The van der Waals surface area contributed by atoms with Gasteiger partial charge in [-0.15, -0.1) is 13.2 Å². The van der Waals surface area contributed by atoms with Gasteiger partial charge in [0.05, 0.1) is 12.0 Å². The smallest absolute Gasteiger partial charge is 0.481 e. The fourth-order valence-electron chi connectivity index (χ4n) is 2.83. The first-order chi connectivity index (χ1) is 10.7. The van der Waals surface area contributed by atoms with Crippen molar-refractivity contribution in [2.45, 2.75) is 44.0 Å². The molecule has 0 bridgehead atoms. The van der Waals surface area contributed by atoms with E-state index < -0.39 is 29.5 Å². The van der Waals surface area contributed by atoms with E-state index in [4.69, 9.17) is 5.11 Å². The van der Waals surface area contributed by atoms with E-state index in [-0.39, 0.29) is 12.0 Å². The van der Waals surface area contributed by atoms with Crippen molar-refractivity contribution < 1.29 is 32.6 Å². The zero-order chi connectivity index (χ0) is 17.1. The van der Waals surface area contributed by atoms with Gasteiger partial charge < -0.3 is 15.2 Å². The lowest BCUT2D eigenvalue weighted by molar-refractivity contribution is -0.274. The average Bonchev–Trinajstić information content (AvgIpc) is 2.84. The first kappa shape index (κ1) is 17.1. The number of nitrogens with one attached hydrogen (secondary N) is 1. The SMILES string of the molecule is O=C(O)CC1(NC(=O)c2cccc(OC(F)(F)F)c2)CCCC1. The van der Waals surface area contributed by atoms with E-state index in [1.54, 1.807) is 0 Å². The number of hydrogen-bond acceptors (Lipinski definition) is 3. The van der Waals surface area contributed by atoms with Crippen LogP contribution < -0.4 is 10.1 Å². The molecule has 1 aromatic rings. The van der Waals surface area contributed by atoms with Gasteiger partial charge >= 0.3 is 12.3 Å². The highest BCUT2D eigenvalue weighted by Gasteiger charge is 2.38. The molecule has 0 unspecified atom stereocenters. The summed E-state index contributed by atoms with van der Waals surface area (Å²) in [6.07, 6.45) is -2.40. The van der Waals surface area contributed by atoms with Crippen molar-refractivity contribution in [3.05, 3.63) is 29.8 Å². The molecule has 1 amide bonds. The number of carboxylic acids is 1. The standard InChI is InChI=1S/C15H16F3NO4/c16-15(17,18)23-11-5-3-4-10(8-11)13(22)19-14(9-12(20)21)6-1-2-7-14/h3-5,8H,1-2,6-7,9H2,(H,19,22)(H,20,21). The number of alkyl halides is 3. The van der Waals surface area contributed by atoms with Crippen molar-refractivity contribution in [1.29, 1.82) is 0 Å². The molecule has 0 aliphatic heterocycles. The Morgan fingerprint density at radius 3 is 2.48 bits per heavy atom. The molecular weight excluding hydrogens is 315 g/mol. The van der Waals surface area contributed by atoms with Crippen LogP contribution in [0.25, 0.3) is 0 Å². The number of halogens is 3. The van der Waals surface area contributed by atoms with Gasteiger partial charge in [-0.2, -0.15) is 0 Å². The summed E-state index contributed by atoms with van der Waals surface area (Å²) in [7, 11) is 0. The molecule has 1 aliphatic rings. The third-order valence-corrected chi connectivity index (χ3v) is 3.76. The molecule has 8 heteroatoms. The Hall–Kier alpha value is -2.25. The fourth-order valence-corrected chi connectivity index (χ4v) is 2.83. The number of carbonyl (C=O) groups is 2. The number of ether oxygens (including phenoxy) is 1. The van der Waals surface area contributed by atoms with Gasteiger partial charge in [-0.25, -0.2) is 0 Å². The van der Waals surface area contributed by atoms with E-state index in [1.807, 2.05) is 0 Å². The van der Waals surface area contributed by atoms with Gasteiger partial charge in [-0.05, 0) is 31.0 Å². The molecule has 0 radical (unpaired) electrons. The molecule has 126 valence electrons. The summed E-state index contributed by atoms with van der Waals surface area (Å²) in [5, 5.41) is 11.7. The van der Waals surface area contributed by atoms with Gasteiger partial charge in [-0.1, -0.05) is 18.9 Å². The summed E-state index contributed by atoms with van der Waals surface area (Å²) in [5.74, 6) is -2.13. The van der Waals surface area contributed by atoms with Crippen LogP contribution in [0.5, 0.6) is 5.75 Å². The maximum atomic E-state index is 12.3. The molecule has 0 aromatic heterocycles. The Labute approximate surface area is 130 Å². The topological polar surface area (TPSA) is 75.6 Å². The molecule has 1 fully saturated rings. The van der Waals surface area contributed by atoms with Gasteiger partial charge in [0, 0.05) is 5.56 Å². The summed E-state index contributed by atoms with van der Waals surface area (Å²) < 4.78 is 40.4. The monoisotopic (exact) mass is 331 g/mol. The van der Waals surface area contributed by atoms with Gasteiger partial charge in [0.1, 0.15) is 5.75 Å². The zero-order valence-electron chi connectivity index (χ0n) is 12.2. The van der Waals surface area contributed by atoms with Crippen molar-refractivity contribution in [1.82, 2.24) is 5.32 Å². The second kappa shape index (κ2) is 6.47. The van der Waals surface area contributed by atoms with E-state index in [2.05, 4.69) is 10.1 Å². The lowest BCUT2D eigenvalue weighted by Gasteiger charge is -2.28. The minimum absolute atomic E-state index is 0.0107. The summed E-state index contributed by atoms with van der Waals surface area (Å²) in [6.45, 7) is 0. The highest BCUT2D eigenvalue weighted by Crippen LogP contribution is 2.33. The van der Waals surface area contributed by atoms with Crippen LogP contribution >= 0.6 is 0 Å². The highest BCUT2D eigenvalue weighted by molar-refractivity contribution is 5.95. The fraction of sp³-hybridized carbons (Fsp3) is 0.467. The van der Waals surface area contributed by atoms with Crippen LogP contribution in [0.2, 0.25) is 0 Å². The van der Waals surface area contributed by atoms with E-state index in [0.29, 0.717) is 12.8 Å². The second-order valence-electron chi connectivity index (χ2n) is 5.59. The second-order valence-corrected chi connectivity index (χ2v) is 5.59. The third kappa shape index (κ3) is 4.87. The molecule has 0 atom stereocenters. The Kier molecular flexibility index (Phi) is 4.82. The molecule has 1 aromatic carbocycles. The summed E-state index contributed by atoms with van der Waals surface area (Å²) in [5.41, 5.74) is -0.854. The lowest BCUT2D eigenvalue weighted by atomic mass is 9.92. The minimum Gasteiger partial charge on any atom is -0.481 e. The van der Waals surface area contributed by atoms with Crippen molar-refractivity contribution in [2.75, 3.05) is 0 Å². The molecular formula is C15H16F3NO4. The number of hydrogen-bond donors (Lipinski definition) is 2. The lowest BCUT2D eigenvalue weighted by Crippen LogP contribution is -2.47. The predicted molar refractivity (Wildman–Crippen MR) is 74.0 cm³/mol. The van der Waals surface area contributed by atoms with Crippen molar-refractivity contribution in [2.24, 2.45) is 0 Å². The van der Waals surface area contributed by atoms with Crippen molar-refractivity contribution >= 4 is 11.9 Å². The van der Waals surface area contributed by atoms with Crippen LogP contribution in [-0.2, 0) is 4.79 Å². The Morgan fingerprint density at radius 1 is 1.26 bits per heavy atom.